The van der Waals surface area contributed by atoms with Gasteiger partial charge in [0.05, 0.1) is 21.9 Å². The van der Waals surface area contributed by atoms with Crippen LogP contribution in [0.5, 0.6) is 0 Å². The second-order valence-electron chi connectivity index (χ2n) is 10.2. The zero-order valence-electron chi connectivity index (χ0n) is 22.5. The molecule has 0 saturated heterocycles. The number of halogens is 10. The number of nitrogens with one attached hydrogen (secondary N) is 1. The van der Waals surface area contributed by atoms with Gasteiger partial charge in [0.25, 0.3) is 0 Å². The Hall–Kier alpha value is -2.79. The van der Waals surface area contributed by atoms with Crippen molar-refractivity contribution in [1.29, 1.82) is 0 Å². The van der Waals surface area contributed by atoms with E-state index in [0.717, 1.165) is 18.2 Å². The summed E-state index contributed by atoms with van der Waals surface area (Å²) in [5.41, 5.74) is -2.48. The molecule has 14 heteroatoms. The maximum Gasteiger partial charge on any atom is 0.419 e. The highest BCUT2D eigenvalue weighted by molar-refractivity contribution is 6.53. The second-order valence-corrected chi connectivity index (χ2v) is 12.5. The summed E-state index contributed by atoms with van der Waals surface area (Å²) in [6, 6.07) is 7.98. The Kier molecular flexibility index (Phi) is 10.00. The molecule has 1 N–H and O–H groups in total. The van der Waals surface area contributed by atoms with E-state index in [1.54, 1.807) is 6.92 Å². The van der Waals surface area contributed by atoms with Crippen molar-refractivity contribution in [2.45, 2.75) is 48.0 Å². The normalized spacial score (nSPS) is 18.1. The van der Waals surface area contributed by atoms with Crippen LogP contribution in [0.3, 0.4) is 0 Å². The van der Waals surface area contributed by atoms with Crippen molar-refractivity contribution in [1.82, 2.24) is 0 Å². The summed E-state index contributed by atoms with van der Waals surface area (Å²) < 4.78 is 81.0. The van der Waals surface area contributed by atoms with Crippen LogP contribution in [-0.4, -0.2) is 27.2 Å². The first-order valence-electron chi connectivity index (χ1n) is 13.0. The lowest BCUT2D eigenvalue weighted by Gasteiger charge is -2.12. The largest absolute Gasteiger partial charge is 0.419 e. The number of benzene rings is 3. The van der Waals surface area contributed by atoms with Crippen LogP contribution in [0.2, 0.25) is 5.02 Å². The van der Waals surface area contributed by atoms with Gasteiger partial charge in [-0.2, -0.15) is 13.2 Å². The van der Waals surface area contributed by atoms with Crippen LogP contribution in [0.4, 0.5) is 32.0 Å². The first kappa shape index (κ1) is 34.1. The molecule has 0 bridgehead atoms. The highest BCUT2D eigenvalue weighted by Crippen LogP contribution is 2.65. The van der Waals surface area contributed by atoms with E-state index in [-0.39, 0.29) is 33.8 Å². The number of hydrogen-bond acceptors (Lipinski definition) is 3. The van der Waals surface area contributed by atoms with Gasteiger partial charge < -0.3 is 5.32 Å². The summed E-state index contributed by atoms with van der Waals surface area (Å²) in [6.07, 6.45) is -5.91. The Morgan fingerprint density at radius 2 is 1.61 bits per heavy atom. The van der Waals surface area contributed by atoms with Crippen molar-refractivity contribution in [2.24, 2.45) is 5.92 Å². The quantitative estimate of drug-likeness (QED) is 0.131. The third-order valence-electron chi connectivity index (χ3n) is 7.20. The minimum absolute atomic E-state index is 0.0335. The average Bonchev–Trinajstić information content (AvgIpc) is 3.54. The number of amides is 1. The van der Waals surface area contributed by atoms with E-state index in [1.807, 2.05) is 0 Å². The van der Waals surface area contributed by atoms with Crippen LogP contribution in [0.15, 0.2) is 48.5 Å². The molecule has 1 saturated carbocycles. The minimum atomic E-state index is -4.99. The van der Waals surface area contributed by atoms with Crippen molar-refractivity contribution in [2.75, 3.05) is 5.32 Å². The Morgan fingerprint density at radius 3 is 2.25 bits per heavy atom. The molecular weight excluding hydrogens is 678 g/mol. The summed E-state index contributed by atoms with van der Waals surface area (Å²) in [5.74, 6) is -7.99. The molecule has 1 aliphatic carbocycles. The minimum Gasteiger partial charge on any atom is -0.326 e. The first-order chi connectivity index (χ1) is 20.5. The van der Waals surface area contributed by atoms with Gasteiger partial charge in [-0.15, -0.1) is 34.8 Å². The average molecular weight is 699 g/mol. The number of alkyl halides is 6. The van der Waals surface area contributed by atoms with Crippen molar-refractivity contribution in [3.8, 4) is 0 Å². The monoisotopic (exact) mass is 697 g/mol. The fourth-order valence-electron chi connectivity index (χ4n) is 4.78. The predicted molar refractivity (Wildman–Crippen MR) is 155 cm³/mol. The Labute approximate surface area is 267 Å². The van der Waals surface area contributed by atoms with Gasteiger partial charge in [0.2, 0.25) is 5.91 Å². The van der Waals surface area contributed by atoms with Gasteiger partial charge in [0, 0.05) is 35.6 Å². The topological polar surface area (TPSA) is 63.2 Å². The van der Waals surface area contributed by atoms with Gasteiger partial charge in [0.15, 0.2) is 11.6 Å². The molecule has 0 aliphatic heterocycles. The molecule has 234 valence electrons. The molecule has 1 fully saturated rings. The van der Waals surface area contributed by atoms with E-state index in [2.05, 4.69) is 5.32 Å². The standard InChI is InChI=1S/C30H21Cl4F6NO3/c1-2-19(31)24(43)12-17-21(35)7-4-14(27(17)37)10-23(42)16-11-15(5-6-20(16)32)41-28(44)26-25(29(26,33)34)13-3-8-22(36)18(9-13)30(38,39)40/h3-9,11,19,25-26H,2,10,12H2,1H3,(H,41,44)/t19?,25-,26+/m0/s1. The maximum atomic E-state index is 15.2. The van der Waals surface area contributed by atoms with Crippen LogP contribution in [0, 0.1) is 23.4 Å². The Bertz CT molecular complexity index is 1650. The number of carbonyl (C=O) groups is 3. The van der Waals surface area contributed by atoms with Crippen LogP contribution >= 0.6 is 46.4 Å². The van der Waals surface area contributed by atoms with Gasteiger partial charge in [-0.3, -0.25) is 14.4 Å². The molecule has 1 amide bonds. The number of rotatable bonds is 10. The number of ketones is 2. The van der Waals surface area contributed by atoms with Crippen LogP contribution in [0.1, 0.15) is 51.9 Å². The summed E-state index contributed by atoms with van der Waals surface area (Å²) in [6.45, 7) is 1.64. The van der Waals surface area contributed by atoms with E-state index in [0.29, 0.717) is 12.1 Å². The van der Waals surface area contributed by atoms with Crippen molar-refractivity contribution in [3.05, 3.63) is 98.8 Å². The molecule has 3 atom stereocenters. The lowest BCUT2D eigenvalue weighted by molar-refractivity contribution is -0.140. The highest BCUT2D eigenvalue weighted by atomic mass is 35.5. The number of Topliss-reactive ketones (excluding diaryl/α,β-unsaturated/α-hetero) is 2. The smallest absolute Gasteiger partial charge is 0.326 e. The predicted octanol–water partition coefficient (Wildman–Crippen LogP) is 8.86. The zero-order chi connectivity index (χ0) is 32.7. The molecule has 3 aromatic carbocycles. The molecule has 0 spiro atoms. The fourth-order valence-corrected chi connectivity index (χ4v) is 5.91. The SMILES string of the molecule is CCC(Cl)C(=O)Cc1c(F)ccc(CC(=O)c2cc(NC(=O)[C@H]3[C@H](c4ccc(F)c(C(F)(F)F)c4)C3(Cl)Cl)ccc2Cl)c1F. The van der Waals surface area contributed by atoms with Crippen molar-refractivity contribution >= 4 is 69.6 Å². The Morgan fingerprint density at radius 1 is 0.955 bits per heavy atom. The molecule has 0 radical (unpaired) electrons. The van der Waals surface area contributed by atoms with E-state index in [4.69, 9.17) is 46.4 Å². The first-order valence-corrected chi connectivity index (χ1v) is 14.5. The third kappa shape index (κ3) is 7.03. The lowest BCUT2D eigenvalue weighted by atomic mass is 9.97. The maximum absolute atomic E-state index is 15.2. The molecule has 4 nitrogen and oxygen atoms in total. The molecule has 0 heterocycles. The Balaban J connectivity index is 1.52. The molecule has 4 rings (SSSR count). The number of hydrogen-bond donors (Lipinski definition) is 1. The molecule has 1 aliphatic rings. The van der Waals surface area contributed by atoms with Gasteiger partial charge in [-0.25, -0.2) is 13.2 Å². The third-order valence-corrected chi connectivity index (χ3v) is 9.02. The van der Waals surface area contributed by atoms with Crippen molar-refractivity contribution in [3.63, 3.8) is 0 Å². The summed E-state index contributed by atoms with van der Waals surface area (Å²) >= 11 is 24.5. The van der Waals surface area contributed by atoms with Gasteiger partial charge in [0.1, 0.15) is 21.8 Å². The number of anilines is 1. The van der Waals surface area contributed by atoms with Gasteiger partial charge in [-0.05, 0) is 53.9 Å². The highest BCUT2D eigenvalue weighted by Gasteiger charge is 2.67. The molecule has 0 aromatic heterocycles. The van der Waals surface area contributed by atoms with Crippen LogP contribution in [0.25, 0.3) is 0 Å². The molecule has 1 unspecified atom stereocenters. The zero-order valence-corrected chi connectivity index (χ0v) is 25.5. The molecule has 3 aromatic rings. The van der Waals surface area contributed by atoms with E-state index < -0.39 is 86.6 Å². The summed E-state index contributed by atoms with van der Waals surface area (Å²) in [5, 5.41) is 1.49. The van der Waals surface area contributed by atoms with E-state index in [1.165, 1.54) is 18.2 Å². The molecular formula is C30H21Cl4F6NO3. The van der Waals surface area contributed by atoms with E-state index >= 15 is 4.39 Å². The second kappa shape index (κ2) is 12.9. The lowest BCUT2D eigenvalue weighted by Crippen LogP contribution is -2.19. The van der Waals surface area contributed by atoms with Crippen LogP contribution in [-0.2, 0) is 28.6 Å². The van der Waals surface area contributed by atoms with E-state index in [9.17, 15) is 36.3 Å². The molecule has 44 heavy (non-hydrogen) atoms. The fraction of sp³-hybridized carbons (Fsp3) is 0.300. The summed E-state index contributed by atoms with van der Waals surface area (Å²) in [7, 11) is 0. The van der Waals surface area contributed by atoms with Crippen LogP contribution < -0.4 is 5.32 Å². The summed E-state index contributed by atoms with van der Waals surface area (Å²) in [4.78, 5) is 38.3. The van der Waals surface area contributed by atoms with Crippen molar-refractivity contribution < 1.29 is 40.7 Å². The van der Waals surface area contributed by atoms with Gasteiger partial charge in [-0.1, -0.05) is 30.7 Å². The van der Waals surface area contributed by atoms with Gasteiger partial charge >= 0.3 is 6.18 Å². The number of carbonyl (C=O) groups excluding carboxylic acids is 3.